The van der Waals surface area contributed by atoms with Crippen molar-refractivity contribution in [2.45, 2.75) is 26.3 Å². The van der Waals surface area contributed by atoms with E-state index in [1.54, 1.807) is 0 Å². The molecule has 2 aromatic heterocycles. The monoisotopic (exact) mass is 475 g/mol. The zero-order valence-corrected chi connectivity index (χ0v) is 19.4. The van der Waals surface area contributed by atoms with Gasteiger partial charge in [0.05, 0.1) is 29.1 Å². The lowest BCUT2D eigenvalue weighted by Gasteiger charge is -2.29. The Balaban J connectivity index is 1.66. The number of aromatic nitrogens is 1. The number of fused-ring (bicyclic) bond motifs is 1. The molecule has 0 radical (unpaired) electrons. The summed E-state index contributed by atoms with van der Waals surface area (Å²) in [4.78, 5) is 33.1. The lowest BCUT2D eigenvalue weighted by atomic mass is 9.99. The molecule has 1 N–H and O–H groups in total. The molecule has 0 bridgehead atoms. The molecule has 0 unspecified atom stereocenters. The van der Waals surface area contributed by atoms with Gasteiger partial charge in [0.1, 0.15) is 15.5 Å². The average molecular weight is 476 g/mol. The highest BCUT2D eigenvalue weighted by molar-refractivity contribution is 7.21. The van der Waals surface area contributed by atoms with E-state index in [0.717, 1.165) is 48.6 Å². The van der Waals surface area contributed by atoms with Gasteiger partial charge in [-0.3, -0.25) is 9.69 Å². The highest BCUT2D eigenvalue weighted by Gasteiger charge is 2.25. The number of pyridine rings is 1. The number of esters is 1. The van der Waals surface area contributed by atoms with Gasteiger partial charge in [0.25, 0.3) is 5.91 Å². The van der Waals surface area contributed by atoms with Crippen molar-refractivity contribution in [3.8, 4) is 0 Å². The number of nitrogens with zero attached hydrogens (tertiary/aromatic N) is 2. The van der Waals surface area contributed by atoms with Gasteiger partial charge in [-0.05, 0) is 56.1 Å². The fraction of sp³-hybridized carbons (Fsp3) is 0.348. The molecule has 32 heavy (non-hydrogen) atoms. The topological polar surface area (TPSA) is 71.5 Å². The Bertz CT molecular complexity index is 1150. The van der Waals surface area contributed by atoms with Crippen molar-refractivity contribution in [3.63, 3.8) is 0 Å². The van der Waals surface area contributed by atoms with Crippen molar-refractivity contribution in [2.24, 2.45) is 5.92 Å². The summed E-state index contributed by atoms with van der Waals surface area (Å²) in [6.07, 6.45) is 2.34. The molecule has 0 atom stereocenters. The molecule has 0 spiro atoms. The van der Waals surface area contributed by atoms with E-state index in [-0.39, 0.29) is 21.2 Å². The van der Waals surface area contributed by atoms with Crippen molar-refractivity contribution >= 4 is 50.7 Å². The largest absolute Gasteiger partial charge is 0.465 e. The Morgan fingerprint density at radius 2 is 2.03 bits per heavy atom. The van der Waals surface area contributed by atoms with Crippen LogP contribution in [0.2, 0.25) is 5.02 Å². The first-order valence-electron chi connectivity index (χ1n) is 10.4. The maximum Gasteiger partial charge on any atom is 0.350 e. The van der Waals surface area contributed by atoms with Crippen LogP contribution in [0.3, 0.4) is 0 Å². The third-order valence-corrected chi connectivity index (χ3v) is 7.07. The van der Waals surface area contributed by atoms with Crippen LogP contribution in [-0.4, -0.2) is 42.0 Å². The molecule has 1 aromatic carbocycles. The van der Waals surface area contributed by atoms with Gasteiger partial charge in [-0.2, -0.15) is 0 Å². The van der Waals surface area contributed by atoms with Crippen LogP contribution in [0.4, 0.5) is 10.1 Å². The molecule has 1 saturated heterocycles. The van der Waals surface area contributed by atoms with Gasteiger partial charge in [0.15, 0.2) is 0 Å². The van der Waals surface area contributed by atoms with Gasteiger partial charge >= 0.3 is 5.97 Å². The van der Waals surface area contributed by atoms with E-state index in [1.165, 1.54) is 32.1 Å². The number of carbonyl (C=O) groups is 2. The van der Waals surface area contributed by atoms with Crippen molar-refractivity contribution in [3.05, 3.63) is 57.3 Å². The Labute approximate surface area is 194 Å². The fourth-order valence-electron chi connectivity index (χ4n) is 3.81. The van der Waals surface area contributed by atoms with Crippen LogP contribution in [0, 0.1) is 11.7 Å². The number of hydrogen-bond donors (Lipinski definition) is 1. The van der Waals surface area contributed by atoms with E-state index in [9.17, 15) is 14.0 Å². The molecule has 3 aromatic rings. The minimum atomic E-state index is -0.746. The van der Waals surface area contributed by atoms with E-state index >= 15 is 0 Å². The number of piperidine rings is 1. The zero-order valence-electron chi connectivity index (χ0n) is 17.8. The molecular formula is C23H23ClFN3O3S. The Morgan fingerprint density at radius 3 is 2.72 bits per heavy atom. The highest BCUT2D eigenvalue weighted by Crippen LogP contribution is 2.36. The second kappa shape index (κ2) is 9.52. The number of amides is 1. The van der Waals surface area contributed by atoms with E-state index in [2.05, 4.69) is 17.1 Å². The zero-order chi connectivity index (χ0) is 22.8. The third-order valence-electron chi connectivity index (χ3n) is 5.67. The van der Waals surface area contributed by atoms with Crippen LogP contribution in [0.25, 0.3) is 10.2 Å². The van der Waals surface area contributed by atoms with E-state index < -0.39 is 17.7 Å². The van der Waals surface area contributed by atoms with Crippen LogP contribution in [0.5, 0.6) is 0 Å². The fourth-order valence-corrected chi connectivity index (χ4v) is 5.12. The predicted molar refractivity (Wildman–Crippen MR) is 124 cm³/mol. The van der Waals surface area contributed by atoms with Crippen molar-refractivity contribution in [1.29, 1.82) is 0 Å². The molecule has 1 aliphatic rings. The Morgan fingerprint density at radius 1 is 1.28 bits per heavy atom. The maximum atomic E-state index is 14.2. The van der Waals surface area contributed by atoms with Crippen LogP contribution in [0.15, 0.2) is 30.3 Å². The van der Waals surface area contributed by atoms with Gasteiger partial charge in [0.2, 0.25) is 0 Å². The molecule has 0 aliphatic carbocycles. The van der Waals surface area contributed by atoms with Crippen molar-refractivity contribution < 1.29 is 18.7 Å². The molecule has 1 amide bonds. The summed E-state index contributed by atoms with van der Waals surface area (Å²) in [5.74, 6) is -1.35. The smallest absolute Gasteiger partial charge is 0.350 e. The normalized spacial score (nSPS) is 15.1. The van der Waals surface area contributed by atoms with E-state index in [4.69, 9.17) is 21.3 Å². The number of likely N-dealkylation sites (tertiary alicyclic amines) is 1. The number of carbonyl (C=O) groups excluding carboxylic acids is 2. The van der Waals surface area contributed by atoms with Crippen molar-refractivity contribution in [1.82, 2.24) is 9.88 Å². The second-order valence-electron chi connectivity index (χ2n) is 7.96. The lowest BCUT2D eigenvalue weighted by molar-refractivity contribution is 0.0607. The first-order valence-corrected chi connectivity index (χ1v) is 11.5. The predicted octanol–water partition coefficient (Wildman–Crippen LogP) is 5.36. The summed E-state index contributed by atoms with van der Waals surface area (Å²) in [6, 6.07) is 7.72. The van der Waals surface area contributed by atoms with Gasteiger partial charge in [-0.25, -0.2) is 14.2 Å². The molecule has 1 aliphatic heterocycles. The third kappa shape index (κ3) is 4.62. The van der Waals surface area contributed by atoms with Gasteiger partial charge < -0.3 is 10.1 Å². The molecule has 9 heteroatoms. The van der Waals surface area contributed by atoms with Crippen molar-refractivity contribution in [2.75, 3.05) is 25.5 Å². The Hall–Kier alpha value is -2.55. The second-order valence-corrected chi connectivity index (χ2v) is 9.37. The molecule has 0 saturated carbocycles. The number of hydrogen-bond acceptors (Lipinski definition) is 6. The van der Waals surface area contributed by atoms with E-state index in [0.29, 0.717) is 10.2 Å². The van der Waals surface area contributed by atoms with Crippen LogP contribution < -0.4 is 5.32 Å². The highest BCUT2D eigenvalue weighted by atomic mass is 35.5. The molecule has 1 fully saturated rings. The minimum absolute atomic E-state index is 0.0158. The number of halogens is 2. The average Bonchev–Trinajstić information content (AvgIpc) is 3.12. The number of ether oxygens (including phenoxy) is 1. The van der Waals surface area contributed by atoms with Crippen LogP contribution in [-0.2, 0) is 11.3 Å². The van der Waals surface area contributed by atoms with Crippen LogP contribution >= 0.6 is 22.9 Å². The van der Waals surface area contributed by atoms with E-state index in [1.807, 2.05) is 12.1 Å². The summed E-state index contributed by atoms with van der Waals surface area (Å²) < 4.78 is 19.1. The lowest BCUT2D eigenvalue weighted by Crippen LogP contribution is -2.32. The number of thiophene rings is 1. The number of nitrogens with one attached hydrogen (secondary N) is 1. The summed E-state index contributed by atoms with van der Waals surface area (Å²) in [7, 11) is 1.27. The number of anilines is 1. The first-order chi connectivity index (χ1) is 15.4. The maximum absolute atomic E-state index is 14.2. The molecule has 6 nitrogen and oxygen atoms in total. The minimum Gasteiger partial charge on any atom is -0.465 e. The standard InChI is InChI=1S/C23H23ClFN3O3S/c1-13-8-10-28(11-9-13)12-14-6-7-15-19(20(23(30)31-2)32-22(15)26-14)27-21(29)18-16(24)4-3-5-17(18)25/h3-7,13H,8-12H2,1-2H3,(H,27,29). The first kappa shape index (κ1) is 22.6. The van der Waals surface area contributed by atoms with Crippen LogP contribution in [0.1, 0.15) is 45.5 Å². The number of rotatable bonds is 5. The SMILES string of the molecule is COC(=O)c1sc2nc(CN3CCC(C)CC3)ccc2c1NC(=O)c1c(F)cccc1Cl. The van der Waals surface area contributed by atoms with Gasteiger partial charge in [0, 0.05) is 11.9 Å². The molecule has 168 valence electrons. The molecular weight excluding hydrogens is 453 g/mol. The number of methoxy groups -OCH3 is 1. The molecule has 3 heterocycles. The summed E-state index contributed by atoms with van der Waals surface area (Å²) in [6.45, 7) is 5.06. The Kier molecular flexibility index (Phi) is 6.74. The summed E-state index contributed by atoms with van der Waals surface area (Å²) in [5.41, 5.74) is 0.847. The quantitative estimate of drug-likeness (QED) is 0.503. The number of benzene rings is 1. The summed E-state index contributed by atoms with van der Waals surface area (Å²) in [5, 5.41) is 3.22. The molecule has 4 rings (SSSR count). The summed E-state index contributed by atoms with van der Waals surface area (Å²) >= 11 is 7.16. The van der Waals surface area contributed by atoms with Gasteiger partial charge in [-0.15, -0.1) is 11.3 Å². The van der Waals surface area contributed by atoms with Gasteiger partial charge in [-0.1, -0.05) is 24.6 Å².